The first-order valence-electron chi connectivity index (χ1n) is 6.96. The summed E-state index contributed by atoms with van der Waals surface area (Å²) in [5, 5.41) is 2.44. The number of anilines is 1. The summed E-state index contributed by atoms with van der Waals surface area (Å²) in [5.74, 6) is -0.186. The maximum atomic E-state index is 12.4. The van der Waals surface area contributed by atoms with Crippen molar-refractivity contribution in [2.24, 2.45) is 0 Å². The SMILES string of the molecule is CC(=O)c1ccc(OCC(=O)Nc2ccc(C(F)(F)F)cc2)cc1. The lowest BCUT2D eigenvalue weighted by Crippen LogP contribution is -2.20. The lowest BCUT2D eigenvalue weighted by atomic mass is 10.1. The van der Waals surface area contributed by atoms with Crippen LogP contribution in [0.15, 0.2) is 48.5 Å². The Kier molecular flexibility index (Phi) is 5.23. The third kappa shape index (κ3) is 4.84. The smallest absolute Gasteiger partial charge is 0.416 e. The van der Waals surface area contributed by atoms with Gasteiger partial charge in [-0.15, -0.1) is 0 Å². The number of ketones is 1. The predicted octanol–water partition coefficient (Wildman–Crippen LogP) is 3.93. The van der Waals surface area contributed by atoms with E-state index < -0.39 is 17.6 Å². The zero-order chi connectivity index (χ0) is 17.7. The third-order valence-corrected chi connectivity index (χ3v) is 3.13. The predicted molar refractivity (Wildman–Crippen MR) is 82.0 cm³/mol. The highest BCUT2D eigenvalue weighted by molar-refractivity contribution is 5.94. The molecule has 7 heteroatoms. The molecule has 0 bridgehead atoms. The van der Waals surface area contributed by atoms with Crippen LogP contribution in [-0.4, -0.2) is 18.3 Å². The number of rotatable bonds is 5. The molecule has 0 aliphatic carbocycles. The number of hydrogen-bond acceptors (Lipinski definition) is 3. The van der Waals surface area contributed by atoms with Gasteiger partial charge in [-0.2, -0.15) is 13.2 Å². The molecule has 0 fully saturated rings. The second kappa shape index (κ2) is 7.16. The number of alkyl halides is 3. The van der Waals surface area contributed by atoms with Crippen LogP contribution in [0.5, 0.6) is 5.75 Å². The minimum atomic E-state index is -4.42. The Morgan fingerprint density at radius 3 is 2.08 bits per heavy atom. The van der Waals surface area contributed by atoms with E-state index in [9.17, 15) is 22.8 Å². The van der Waals surface area contributed by atoms with Crippen LogP contribution in [0.2, 0.25) is 0 Å². The van der Waals surface area contributed by atoms with Gasteiger partial charge in [-0.1, -0.05) is 0 Å². The van der Waals surface area contributed by atoms with Gasteiger partial charge in [0.25, 0.3) is 5.91 Å². The van der Waals surface area contributed by atoms with E-state index in [4.69, 9.17) is 4.74 Å². The first-order chi connectivity index (χ1) is 11.3. The molecule has 0 radical (unpaired) electrons. The molecule has 0 aliphatic heterocycles. The highest BCUT2D eigenvalue weighted by Gasteiger charge is 2.29. The average molecular weight is 337 g/mol. The van der Waals surface area contributed by atoms with Crippen LogP contribution in [0, 0.1) is 0 Å². The van der Waals surface area contributed by atoms with Crippen molar-refractivity contribution in [1.29, 1.82) is 0 Å². The molecule has 126 valence electrons. The Morgan fingerprint density at radius 1 is 1.00 bits per heavy atom. The normalized spacial score (nSPS) is 11.0. The lowest BCUT2D eigenvalue weighted by molar-refractivity contribution is -0.137. The number of hydrogen-bond donors (Lipinski definition) is 1. The van der Waals surface area contributed by atoms with Crippen LogP contribution in [0.3, 0.4) is 0 Å². The van der Waals surface area contributed by atoms with Crippen molar-refractivity contribution in [2.75, 3.05) is 11.9 Å². The van der Waals surface area contributed by atoms with Gasteiger partial charge in [-0.3, -0.25) is 9.59 Å². The number of halogens is 3. The number of nitrogens with one attached hydrogen (secondary N) is 1. The van der Waals surface area contributed by atoms with Gasteiger partial charge >= 0.3 is 6.18 Å². The molecule has 0 atom stereocenters. The summed E-state index contributed by atoms with van der Waals surface area (Å²) in [6.45, 7) is 1.13. The molecule has 2 aromatic rings. The molecule has 0 saturated heterocycles. The van der Waals surface area contributed by atoms with Crippen LogP contribution in [0.1, 0.15) is 22.8 Å². The van der Waals surface area contributed by atoms with Gasteiger partial charge in [0.05, 0.1) is 5.56 Å². The van der Waals surface area contributed by atoms with E-state index in [1.807, 2.05) is 0 Å². The van der Waals surface area contributed by atoms with Crippen molar-refractivity contribution in [3.63, 3.8) is 0 Å². The Hall–Kier alpha value is -2.83. The van der Waals surface area contributed by atoms with Crippen molar-refractivity contribution in [3.05, 3.63) is 59.7 Å². The fourth-order valence-corrected chi connectivity index (χ4v) is 1.87. The summed E-state index contributed by atoms with van der Waals surface area (Å²) in [6, 6.07) is 10.4. The van der Waals surface area contributed by atoms with E-state index in [1.54, 1.807) is 24.3 Å². The minimum Gasteiger partial charge on any atom is -0.484 e. The average Bonchev–Trinajstić information content (AvgIpc) is 2.53. The molecule has 0 aromatic heterocycles. The van der Waals surface area contributed by atoms with E-state index in [-0.39, 0.29) is 18.1 Å². The summed E-state index contributed by atoms with van der Waals surface area (Å²) in [6.07, 6.45) is -4.42. The van der Waals surface area contributed by atoms with Gasteiger partial charge in [0, 0.05) is 11.3 Å². The van der Waals surface area contributed by atoms with E-state index in [0.717, 1.165) is 12.1 Å². The van der Waals surface area contributed by atoms with E-state index in [2.05, 4.69) is 5.32 Å². The second-order valence-electron chi connectivity index (χ2n) is 4.99. The zero-order valence-electron chi connectivity index (χ0n) is 12.7. The highest BCUT2D eigenvalue weighted by Crippen LogP contribution is 2.29. The van der Waals surface area contributed by atoms with Gasteiger partial charge in [0.2, 0.25) is 0 Å². The van der Waals surface area contributed by atoms with Gasteiger partial charge in [-0.25, -0.2) is 0 Å². The minimum absolute atomic E-state index is 0.0819. The Morgan fingerprint density at radius 2 is 1.58 bits per heavy atom. The molecule has 1 amide bonds. The van der Waals surface area contributed by atoms with Crippen LogP contribution in [-0.2, 0) is 11.0 Å². The van der Waals surface area contributed by atoms with Crippen LogP contribution < -0.4 is 10.1 Å². The number of benzene rings is 2. The second-order valence-corrected chi connectivity index (χ2v) is 4.99. The molecule has 0 unspecified atom stereocenters. The van der Waals surface area contributed by atoms with Crippen molar-refractivity contribution in [1.82, 2.24) is 0 Å². The van der Waals surface area contributed by atoms with Crippen molar-refractivity contribution in [2.45, 2.75) is 13.1 Å². The lowest BCUT2D eigenvalue weighted by Gasteiger charge is -2.10. The molecule has 0 spiro atoms. The summed E-state index contributed by atoms with van der Waals surface area (Å²) in [7, 11) is 0. The molecular weight excluding hydrogens is 323 g/mol. The van der Waals surface area contributed by atoms with Gasteiger partial charge in [0.15, 0.2) is 12.4 Å². The summed E-state index contributed by atoms with van der Waals surface area (Å²) in [5.41, 5.74) is -0.0256. The van der Waals surface area contributed by atoms with Crippen LogP contribution >= 0.6 is 0 Å². The van der Waals surface area contributed by atoms with Crippen molar-refractivity contribution >= 4 is 17.4 Å². The fourth-order valence-electron chi connectivity index (χ4n) is 1.87. The zero-order valence-corrected chi connectivity index (χ0v) is 12.7. The van der Waals surface area contributed by atoms with E-state index in [1.165, 1.54) is 19.1 Å². The van der Waals surface area contributed by atoms with E-state index in [0.29, 0.717) is 11.3 Å². The van der Waals surface area contributed by atoms with Crippen molar-refractivity contribution in [3.8, 4) is 5.75 Å². The standard InChI is InChI=1S/C17H14F3NO3/c1-11(22)12-2-8-15(9-3-12)24-10-16(23)21-14-6-4-13(5-7-14)17(18,19)20/h2-9H,10H2,1H3,(H,21,23). The summed E-state index contributed by atoms with van der Waals surface area (Å²) < 4.78 is 42.6. The molecule has 0 aliphatic rings. The number of carbonyl (C=O) groups excluding carboxylic acids is 2. The van der Waals surface area contributed by atoms with Crippen LogP contribution in [0.25, 0.3) is 0 Å². The highest BCUT2D eigenvalue weighted by atomic mass is 19.4. The third-order valence-electron chi connectivity index (χ3n) is 3.13. The monoisotopic (exact) mass is 337 g/mol. The first kappa shape index (κ1) is 17.5. The number of carbonyl (C=O) groups is 2. The number of ether oxygens (including phenoxy) is 1. The Labute approximate surface area is 136 Å². The van der Waals surface area contributed by atoms with Gasteiger partial charge < -0.3 is 10.1 Å². The molecular formula is C17H14F3NO3. The summed E-state index contributed by atoms with van der Waals surface area (Å²) in [4.78, 5) is 22.9. The number of amides is 1. The Balaban J connectivity index is 1.88. The van der Waals surface area contributed by atoms with Gasteiger partial charge in [0.1, 0.15) is 5.75 Å². The number of Topliss-reactive ketones (excluding diaryl/α,β-unsaturated/α-hetero) is 1. The molecule has 0 heterocycles. The quantitative estimate of drug-likeness (QED) is 0.841. The molecule has 0 saturated carbocycles. The fraction of sp³-hybridized carbons (Fsp3) is 0.176. The Bertz CT molecular complexity index is 722. The first-order valence-corrected chi connectivity index (χ1v) is 6.96. The van der Waals surface area contributed by atoms with Crippen molar-refractivity contribution < 1.29 is 27.5 Å². The molecule has 1 N–H and O–H groups in total. The topological polar surface area (TPSA) is 55.4 Å². The summed E-state index contributed by atoms with van der Waals surface area (Å²) >= 11 is 0. The maximum Gasteiger partial charge on any atom is 0.416 e. The van der Waals surface area contributed by atoms with E-state index >= 15 is 0 Å². The van der Waals surface area contributed by atoms with Crippen LogP contribution in [0.4, 0.5) is 18.9 Å². The molecule has 4 nitrogen and oxygen atoms in total. The molecule has 2 aromatic carbocycles. The van der Waals surface area contributed by atoms with Gasteiger partial charge in [-0.05, 0) is 55.5 Å². The molecule has 2 rings (SSSR count). The largest absolute Gasteiger partial charge is 0.484 e. The maximum absolute atomic E-state index is 12.4. The molecule has 24 heavy (non-hydrogen) atoms.